The van der Waals surface area contributed by atoms with Gasteiger partial charge in [0, 0.05) is 54.1 Å². The lowest BCUT2D eigenvalue weighted by atomic mass is 9.81. The topological polar surface area (TPSA) is 65.8 Å². The van der Waals surface area contributed by atoms with Gasteiger partial charge in [0.2, 0.25) is 5.91 Å². The second-order valence-corrected chi connectivity index (χ2v) is 13.0. The Morgan fingerprint density at radius 2 is 1.69 bits per heavy atom. The van der Waals surface area contributed by atoms with E-state index in [1.807, 2.05) is 12.1 Å². The third-order valence-electron chi connectivity index (χ3n) is 10.8. The van der Waals surface area contributed by atoms with Crippen LogP contribution in [0.25, 0.3) is 22.2 Å². The van der Waals surface area contributed by atoms with E-state index in [1.54, 1.807) is 6.07 Å². The van der Waals surface area contributed by atoms with Crippen molar-refractivity contribution < 1.29 is 14.7 Å². The van der Waals surface area contributed by atoms with Gasteiger partial charge >= 0.3 is 5.97 Å². The molecule has 8 rings (SSSR count). The third-order valence-corrected chi connectivity index (χ3v) is 10.8. The zero-order valence-electron chi connectivity index (χ0n) is 22.7. The van der Waals surface area contributed by atoms with Crippen molar-refractivity contribution in [3.05, 3.63) is 59.2 Å². The Hall–Kier alpha value is -3.12. The number of carboxylic acid groups (broad SMARTS) is 1. The summed E-state index contributed by atoms with van der Waals surface area (Å²) in [6.45, 7) is 2.56. The van der Waals surface area contributed by atoms with E-state index in [1.165, 1.54) is 59.9 Å². The fourth-order valence-corrected chi connectivity index (χ4v) is 8.96. The Morgan fingerprint density at radius 1 is 0.949 bits per heavy atom. The molecule has 202 valence electrons. The number of amides is 1. The molecule has 1 amide bonds. The number of aromatic nitrogens is 1. The van der Waals surface area contributed by atoms with Crippen molar-refractivity contribution in [3.8, 4) is 11.3 Å². The van der Waals surface area contributed by atoms with Gasteiger partial charge in [0.25, 0.3) is 0 Å². The Kier molecular flexibility index (Phi) is 5.14. The molecule has 2 saturated heterocycles. The third kappa shape index (κ3) is 3.36. The summed E-state index contributed by atoms with van der Waals surface area (Å²) in [6.07, 6.45) is 9.20. The molecular formula is C33H37N3O3. The SMILES string of the molecule is CN1CC2CCC(C1)N2C(=O)C12CC1c1ccccc1-c1c(C3CCCCC3)c3ccc(C(=O)O)cc3n1C2. The number of nitrogens with zero attached hydrogens (tertiary/aromatic N) is 3. The van der Waals surface area contributed by atoms with E-state index in [4.69, 9.17) is 0 Å². The van der Waals surface area contributed by atoms with Crippen molar-refractivity contribution in [1.29, 1.82) is 0 Å². The van der Waals surface area contributed by atoms with Crippen LogP contribution in [0.1, 0.15) is 84.7 Å². The number of fused-ring (bicyclic) bond motifs is 9. The van der Waals surface area contributed by atoms with Gasteiger partial charge in [-0.3, -0.25) is 4.79 Å². The summed E-state index contributed by atoms with van der Waals surface area (Å²) in [5.41, 5.74) is 6.05. The van der Waals surface area contributed by atoms with E-state index in [0.29, 0.717) is 36.0 Å². The standard InChI is InChI=1S/C33H37N3O3/c1-34-17-22-12-13-23(18-34)36(22)32(39)33-16-27(33)24-9-5-6-10-25(24)30-29(20-7-3-2-4-8-20)26-14-11-21(31(37)38)15-28(26)35(30)19-33/h5-6,9-11,14-15,20,22-23,27H,2-4,7-8,12-13,16-19H2,1H3,(H,37,38). The van der Waals surface area contributed by atoms with E-state index < -0.39 is 11.4 Å². The minimum Gasteiger partial charge on any atom is -0.478 e. The monoisotopic (exact) mass is 523 g/mol. The zero-order chi connectivity index (χ0) is 26.5. The van der Waals surface area contributed by atoms with Gasteiger partial charge in [-0.25, -0.2) is 4.79 Å². The van der Waals surface area contributed by atoms with Crippen molar-refractivity contribution in [2.45, 2.75) is 81.8 Å². The molecule has 2 bridgehead atoms. The smallest absolute Gasteiger partial charge is 0.335 e. The van der Waals surface area contributed by atoms with Crippen LogP contribution < -0.4 is 0 Å². The molecule has 4 atom stereocenters. The molecule has 1 aromatic heterocycles. The van der Waals surface area contributed by atoms with Gasteiger partial charge in [0.05, 0.1) is 16.7 Å². The molecule has 4 heterocycles. The van der Waals surface area contributed by atoms with Gasteiger partial charge in [-0.05, 0) is 68.3 Å². The number of hydrogen-bond donors (Lipinski definition) is 1. The van der Waals surface area contributed by atoms with Crippen LogP contribution in [0.15, 0.2) is 42.5 Å². The second-order valence-electron chi connectivity index (χ2n) is 13.0. The van der Waals surface area contributed by atoms with E-state index in [0.717, 1.165) is 37.9 Å². The molecule has 3 aromatic rings. The highest BCUT2D eigenvalue weighted by Crippen LogP contribution is 2.66. The fourth-order valence-electron chi connectivity index (χ4n) is 8.96. The number of carboxylic acids is 1. The molecule has 5 aliphatic rings. The molecule has 0 spiro atoms. The maximum absolute atomic E-state index is 14.7. The first-order chi connectivity index (χ1) is 19.0. The molecule has 4 unspecified atom stereocenters. The van der Waals surface area contributed by atoms with Crippen molar-refractivity contribution in [2.24, 2.45) is 5.41 Å². The molecule has 1 N–H and O–H groups in total. The van der Waals surface area contributed by atoms with E-state index in [-0.39, 0.29) is 5.92 Å². The minimum absolute atomic E-state index is 0.220. The Labute approximate surface area is 229 Å². The van der Waals surface area contributed by atoms with Gasteiger partial charge < -0.3 is 19.5 Å². The molecule has 6 nitrogen and oxygen atoms in total. The quantitative estimate of drug-likeness (QED) is 0.468. The van der Waals surface area contributed by atoms with Crippen LogP contribution in [0.5, 0.6) is 0 Å². The van der Waals surface area contributed by atoms with Crippen LogP contribution in [0.2, 0.25) is 0 Å². The van der Waals surface area contributed by atoms with Crippen molar-refractivity contribution in [1.82, 2.24) is 14.4 Å². The number of likely N-dealkylation sites (tertiary alicyclic amines) is 1. The fraction of sp³-hybridized carbons (Fsp3) is 0.515. The number of piperazine rings is 1. The van der Waals surface area contributed by atoms with Crippen LogP contribution in [-0.4, -0.2) is 63.6 Å². The lowest BCUT2D eigenvalue weighted by Gasteiger charge is -2.41. The lowest BCUT2D eigenvalue weighted by molar-refractivity contribution is -0.143. The molecular weight excluding hydrogens is 486 g/mol. The Balaban J connectivity index is 1.34. The predicted octanol–water partition coefficient (Wildman–Crippen LogP) is 5.85. The maximum atomic E-state index is 14.7. The van der Waals surface area contributed by atoms with Gasteiger partial charge in [0.15, 0.2) is 0 Å². The average Bonchev–Trinajstić information content (AvgIpc) is 3.53. The minimum atomic E-state index is -0.898. The molecule has 0 radical (unpaired) electrons. The van der Waals surface area contributed by atoms with E-state index in [9.17, 15) is 14.7 Å². The van der Waals surface area contributed by atoms with Crippen molar-refractivity contribution >= 4 is 22.8 Å². The summed E-state index contributed by atoms with van der Waals surface area (Å²) >= 11 is 0. The summed E-state index contributed by atoms with van der Waals surface area (Å²) in [5.74, 6) is 0.129. The lowest BCUT2D eigenvalue weighted by Crippen LogP contribution is -2.57. The van der Waals surface area contributed by atoms with Crippen molar-refractivity contribution in [2.75, 3.05) is 20.1 Å². The maximum Gasteiger partial charge on any atom is 0.335 e. The molecule has 3 aliphatic heterocycles. The van der Waals surface area contributed by atoms with Crippen LogP contribution in [0.4, 0.5) is 0 Å². The largest absolute Gasteiger partial charge is 0.478 e. The van der Waals surface area contributed by atoms with Gasteiger partial charge in [-0.1, -0.05) is 49.6 Å². The first-order valence-electron chi connectivity index (χ1n) is 15.0. The summed E-state index contributed by atoms with van der Waals surface area (Å²) in [5, 5.41) is 11.1. The Bertz CT molecular complexity index is 1500. The molecule has 2 aromatic carbocycles. The van der Waals surface area contributed by atoms with Gasteiger partial charge in [-0.15, -0.1) is 0 Å². The van der Waals surface area contributed by atoms with Gasteiger partial charge in [-0.2, -0.15) is 0 Å². The number of aromatic carboxylic acids is 1. The average molecular weight is 524 g/mol. The van der Waals surface area contributed by atoms with Crippen LogP contribution >= 0.6 is 0 Å². The van der Waals surface area contributed by atoms with E-state index in [2.05, 4.69) is 45.7 Å². The number of likely N-dealkylation sites (N-methyl/N-ethyl adjacent to an activating group) is 1. The number of rotatable bonds is 3. The normalized spacial score (nSPS) is 30.0. The first kappa shape index (κ1) is 23.7. The van der Waals surface area contributed by atoms with Crippen LogP contribution in [-0.2, 0) is 11.3 Å². The van der Waals surface area contributed by atoms with Crippen LogP contribution in [0.3, 0.4) is 0 Å². The highest BCUT2D eigenvalue weighted by molar-refractivity contribution is 6.00. The summed E-state index contributed by atoms with van der Waals surface area (Å²) in [6, 6.07) is 15.1. The van der Waals surface area contributed by atoms with E-state index >= 15 is 0 Å². The van der Waals surface area contributed by atoms with Crippen LogP contribution in [0, 0.1) is 5.41 Å². The first-order valence-corrected chi connectivity index (χ1v) is 15.0. The number of carbonyl (C=O) groups is 2. The second kappa shape index (κ2) is 8.44. The van der Waals surface area contributed by atoms with Crippen molar-refractivity contribution in [3.63, 3.8) is 0 Å². The highest BCUT2D eigenvalue weighted by atomic mass is 16.4. The molecule has 4 fully saturated rings. The highest BCUT2D eigenvalue weighted by Gasteiger charge is 2.65. The molecule has 2 aliphatic carbocycles. The number of hydrogen-bond acceptors (Lipinski definition) is 3. The zero-order valence-corrected chi connectivity index (χ0v) is 22.7. The summed E-state index contributed by atoms with van der Waals surface area (Å²) in [7, 11) is 2.18. The Morgan fingerprint density at radius 3 is 2.44 bits per heavy atom. The molecule has 6 heteroatoms. The molecule has 39 heavy (non-hydrogen) atoms. The number of benzene rings is 2. The predicted molar refractivity (Wildman–Crippen MR) is 151 cm³/mol. The summed E-state index contributed by atoms with van der Waals surface area (Å²) in [4.78, 5) is 31.4. The summed E-state index contributed by atoms with van der Waals surface area (Å²) < 4.78 is 2.38. The number of carbonyl (C=O) groups excluding carboxylic acids is 1. The van der Waals surface area contributed by atoms with Gasteiger partial charge in [0.1, 0.15) is 0 Å². The molecule has 2 saturated carbocycles.